The van der Waals surface area contributed by atoms with Gasteiger partial charge < -0.3 is 9.32 Å². The van der Waals surface area contributed by atoms with E-state index >= 15 is 0 Å². The number of hydrogen-bond acceptors (Lipinski definition) is 3. The van der Waals surface area contributed by atoms with Crippen molar-refractivity contribution in [2.75, 3.05) is 4.90 Å². The SMILES string of the molecule is CC1(C)c2ccccc2-c2ccc(N(c3ccc(-c4cccc5c4oc4ccccc45)cc3)c3ccc4c(c3)C(C)(C)c3c(-c5ccccc5)sc(-c5ccccc5)c3-4)cc21. The van der Waals surface area contributed by atoms with Crippen molar-refractivity contribution in [1.29, 1.82) is 0 Å². The Labute approximate surface area is 361 Å². The fourth-order valence-corrected chi connectivity index (χ4v) is 11.9. The second-order valence-corrected chi connectivity index (χ2v) is 18.7. The highest BCUT2D eigenvalue weighted by Crippen LogP contribution is 2.60. The summed E-state index contributed by atoms with van der Waals surface area (Å²) in [6.07, 6.45) is 0. The number of hydrogen-bond donors (Lipinski definition) is 0. The zero-order valence-electron chi connectivity index (χ0n) is 34.7. The predicted molar refractivity (Wildman–Crippen MR) is 258 cm³/mol. The maximum Gasteiger partial charge on any atom is 0.143 e. The van der Waals surface area contributed by atoms with Crippen molar-refractivity contribution in [1.82, 2.24) is 0 Å². The first kappa shape index (κ1) is 36.0. The van der Waals surface area contributed by atoms with Crippen LogP contribution in [0.25, 0.3) is 76.2 Å². The lowest BCUT2D eigenvalue weighted by Gasteiger charge is -2.30. The second kappa shape index (κ2) is 13.3. The smallest absolute Gasteiger partial charge is 0.143 e. The number of furan rings is 1. The van der Waals surface area contributed by atoms with Crippen LogP contribution in [0.3, 0.4) is 0 Å². The second-order valence-electron chi connectivity index (χ2n) is 17.7. The summed E-state index contributed by atoms with van der Waals surface area (Å²) < 4.78 is 6.49. The summed E-state index contributed by atoms with van der Waals surface area (Å²) in [5, 5.41) is 2.28. The van der Waals surface area contributed by atoms with E-state index in [9.17, 15) is 0 Å². The van der Waals surface area contributed by atoms with Gasteiger partial charge in [0.25, 0.3) is 0 Å². The molecular formula is C58H43NOS. The Balaban J connectivity index is 1.03. The zero-order valence-corrected chi connectivity index (χ0v) is 35.5. The van der Waals surface area contributed by atoms with E-state index in [-0.39, 0.29) is 10.8 Å². The molecule has 0 saturated heterocycles. The Morgan fingerprint density at radius 3 is 1.70 bits per heavy atom. The summed E-state index contributed by atoms with van der Waals surface area (Å²) in [4.78, 5) is 5.15. The van der Waals surface area contributed by atoms with Crippen LogP contribution in [0, 0.1) is 0 Å². The van der Waals surface area contributed by atoms with E-state index < -0.39 is 0 Å². The number of nitrogens with zero attached hydrogens (tertiary/aromatic N) is 1. The standard InChI is InChI=1S/C58H43NOS/c1-57(2)48-24-13-11-20-43(48)44-32-30-40(34-49(44)57)59(39-28-26-36(27-29-39)42-22-15-23-46-45-21-12-14-25-51(45)60-54(42)46)41-31-33-47-50(35-41)58(3,4)53-52(47)55(37-16-7-5-8-17-37)61-56(53)38-18-9-6-10-19-38/h5-35H,1-4H3. The van der Waals surface area contributed by atoms with E-state index in [4.69, 9.17) is 4.42 Å². The molecular weight excluding hydrogens is 759 g/mol. The lowest BCUT2D eigenvalue weighted by molar-refractivity contribution is 0.660. The first-order chi connectivity index (χ1) is 29.8. The van der Waals surface area contributed by atoms with Crippen LogP contribution in [-0.2, 0) is 10.8 Å². The highest BCUT2D eigenvalue weighted by molar-refractivity contribution is 7.19. The Hall–Kier alpha value is -6.94. The predicted octanol–water partition coefficient (Wildman–Crippen LogP) is 16.7. The first-order valence-electron chi connectivity index (χ1n) is 21.3. The number of fused-ring (bicyclic) bond motifs is 9. The summed E-state index contributed by atoms with van der Waals surface area (Å²) in [6.45, 7) is 9.57. The summed E-state index contributed by atoms with van der Waals surface area (Å²) in [6, 6.07) is 69.0. The maximum absolute atomic E-state index is 6.49. The molecule has 2 nitrogen and oxygen atoms in total. The molecule has 61 heavy (non-hydrogen) atoms. The Morgan fingerprint density at radius 1 is 0.410 bits per heavy atom. The van der Waals surface area contributed by atoms with Gasteiger partial charge in [0, 0.05) is 59.5 Å². The molecule has 10 aromatic rings. The van der Waals surface area contributed by atoms with Crippen LogP contribution in [-0.4, -0.2) is 0 Å². The van der Waals surface area contributed by atoms with Crippen molar-refractivity contribution in [2.24, 2.45) is 0 Å². The lowest BCUT2D eigenvalue weighted by atomic mass is 9.81. The fourth-order valence-electron chi connectivity index (χ4n) is 10.5. The maximum atomic E-state index is 6.49. The van der Waals surface area contributed by atoms with Gasteiger partial charge in [-0.15, -0.1) is 11.3 Å². The van der Waals surface area contributed by atoms with Crippen molar-refractivity contribution >= 4 is 50.3 Å². The number of anilines is 3. The summed E-state index contributed by atoms with van der Waals surface area (Å²) in [5.41, 5.74) is 20.5. The molecule has 2 heterocycles. The van der Waals surface area contributed by atoms with Crippen LogP contribution in [0.2, 0.25) is 0 Å². The molecule has 8 aromatic carbocycles. The third-order valence-electron chi connectivity index (χ3n) is 13.5. The quantitative estimate of drug-likeness (QED) is 0.167. The average molecular weight is 802 g/mol. The normalized spacial score (nSPS) is 14.2. The Bertz CT molecular complexity index is 3350. The molecule has 0 amide bonds. The number of thiophene rings is 1. The van der Waals surface area contributed by atoms with Crippen LogP contribution in [0.5, 0.6) is 0 Å². The van der Waals surface area contributed by atoms with Crippen LogP contribution in [0.1, 0.15) is 49.9 Å². The van der Waals surface area contributed by atoms with Crippen molar-refractivity contribution in [2.45, 2.75) is 38.5 Å². The molecule has 0 aliphatic heterocycles. The summed E-state index contributed by atoms with van der Waals surface area (Å²) in [5.74, 6) is 0. The van der Waals surface area contributed by atoms with Gasteiger partial charge in [-0.1, -0.05) is 173 Å². The zero-order chi connectivity index (χ0) is 41.0. The van der Waals surface area contributed by atoms with Gasteiger partial charge in [-0.05, 0) is 98.1 Å². The van der Waals surface area contributed by atoms with Gasteiger partial charge in [0.05, 0.1) is 0 Å². The van der Waals surface area contributed by atoms with Gasteiger partial charge in [0.15, 0.2) is 0 Å². The number of para-hydroxylation sites is 2. The molecule has 2 aliphatic rings. The molecule has 0 radical (unpaired) electrons. The lowest BCUT2D eigenvalue weighted by Crippen LogP contribution is -2.18. The molecule has 0 saturated carbocycles. The van der Waals surface area contributed by atoms with E-state index in [0.717, 1.165) is 50.1 Å². The molecule has 0 bridgehead atoms. The van der Waals surface area contributed by atoms with Crippen LogP contribution in [0.15, 0.2) is 192 Å². The largest absolute Gasteiger partial charge is 0.455 e. The van der Waals surface area contributed by atoms with E-state index in [0.29, 0.717) is 0 Å². The molecule has 2 aliphatic carbocycles. The van der Waals surface area contributed by atoms with Crippen molar-refractivity contribution < 1.29 is 4.42 Å². The molecule has 292 valence electrons. The van der Waals surface area contributed by atoms with Crippen LogP contribution < -0.4 is 4.90 Å². The van der Waals surface area contributed by atoms with E-state index in [1.165, 1.54) is 65.4 Å². The van der Waals surface area contributed by atoms with Crippen molar-refractivity contribution in [3.05, 3.63) is 210 Å². The Kier molecular flexibility index (Phi) is 7.83. The summed E-state index contributed by atoms with van der Waals surface area (Å²) in [7, 11) is 0. The number of benzene rings is 8. The van der Waals surface area contributed by atoms with Gasteiger partial charge >= 0.3 is 0 Å². The van der Waals surface area contributed by atoms with Crippen LogP contribution in [0.4, 0.5) is 17.1 Å². The molecule has 0 atom stereocenters. The highest BCUT2D eigenvalue weighted by atomic mass is 32.1. The van der Waals surface area contributed by atoms with Gasteiger partial charge in [0.2, 0.25) is 0 Å². The minimum absolute atomic E-state index is 0.127. The molecule has 3 heteroatoms. The van der Waals surface area contributed by atoms with Gasteiger partial charge in [-0.2, -0.15) is 0 Å². The van der Waals surface area contributed by atoms with Crippen molar-refractivity contribution in [3.8, 4) is 54.3 Å². The minimum Gasteiger partial charge on any atom is -0.455 e. The van der Waals surface area contributed by atoms with E-state index in [1.807, 2.05) is 17.4 Å². The Morgan fingerprint density at radius 2 is 0.967 bits per heavy atom. The minimum atomic E-state index is -0.238. The molecule has 0 fully saturated rings. The van der Waals surface area contributed by atoms with Crippen LogP contribution >= 0.6 is 11.3 Å². The third kappa shape index (κ3) is 5.33. The highest BCUT2D eigenvalue weighted by Gasteiger charge is 2.42. The van der Waals surface area contributed by atoms with Gasteiger partial charge in [-0.25, -0.2) is 0 Å². The molecule has 0 N–H and O–H groups in total. The monoisotopic (exact) mass is 801 g/mol. The number of rotatable bonds is 6. The average Bonchev–Trinajstić information content (AvgIpc) is 4.01. The van der Waals surface area contributed by atoms with Crippen molar-refractivity contribution in [3.63, 3.8) is 0 Å². The van der Waals surface area contributed by atoms with Gasteiger partial charge in [-0.3, -0.25) is 0 Å². The first-order valence-corrected chi connectivity index (χ1v) is 22.1. The van der Waals surface area contributed by atoms with E-state index in [2.05, 4.69) is 215 Å². The van der Waals surface area contributed by atoms with E-state index in [1.54, 1.807) is 0 Å². The summed E-state index contributed by atoms with van der Waals surface area (Å²) >= 11 is 1.93. The molecule has 12 rings (SSSR count). The molecule has 0 spiro atoms. The fraction of sp³-hybridized carbons (Fsp3) is 0.103. The molecule has 0 unspecified atom stereocenters. The van der Waals surface area contributed by atoms with Gasteiger partial charge in [0.1, 0.15) is 11.2 Å². The molecule has 2 aromatic heterocycles. The third-order valence-corrected chi connectivity index (χ3v) is 14.8. The topological polar surface area (TPSA) is 16.4 Å².